The van der Waals surface area contributed by atoms with E-state index in [0.717, 1.165) is 45.4 Å². The van der Waals surface area contributed by atoms with Crippen LogP contribution >= 0.6 is 0 Å². The Bertz CT molecular complexity index is 248. The fourth-order valence-corrected chi connectivity index (χ4v) is 2.70. The maximum atomic E-state index is 5.43. The van der Waals surface area contributed by atoms with E-state index in [9.17, 15) is 0 Å². The number of rotatable bonds is 7. The predicted octanol–water partition coefficient (Wildman–Crippen LogP) is 1.11. The van der Waals surface area contributed by atoms with E-state index in [1.54, 1.807) is 7.11 Å². The Morgan fingerprint density at radius 3 is 2.56 bits per heavy atom. The van der Waals surface area contributed by atoms with E-state index in [4.69, 9.17) is 9.47 Å². The third-order valence-corrected chi connectivity index (χ3v) is 4.20. The fraction of sp³-hybridized carbons (Fsp3) is 1.00. The molecule has 0 aromatic rings. The molecule has 2 fully saturated rings. The Balaban J connectivity index is 1.78. The average Bonchev–Trinajstić information content (AvgIpc) is 3.20. The Morgan fingerprint density at radius 2 is 2.00 bits per heavy atom. The molecule has 1 atom stereocenters. The van der Waals surface area contributed by atoms with E-state index in [-0.39, 0.29) is 5.54 Å². The lowest BCUT2D eigenvalue weighted by Gasteiger charge is -2.41. The normalized spacial score (nSPS) is 24.2. The largest absolute Gasteiger partial charge is 0.383 e. The Labute approximate surface area is 111 Å². The van der Waals surface area contributed by atoms with Gasteiger partial charge in [0.1, 0.15) is 0 Å². The van der Waals surface area contributed by atoms with Crippen molar-refractivity contribution in [1.82, 2.24) is 10.2 Å². The Hall–Kier alpha value is -0.160. The summed E-state index contributed by atoms with van der Waals surface area (Å²) in [6, 6.07) is 0.537. The first-order valence-electron chi connectivity index (χ1n) is 7.18. The number of ether oxygens (including phenoxy) is 2. The van der Waals surface area contributed by atoms with Crippen LogP contribution in [-0.4, -0.2) is 63.0 Å². The van der Waals surface area contributed by atoms with E-state index in [1.807, 2.05) is 0 Å². The number of nitrogens with one attached hydrogen (secondary N) is 1. The smallest absolute Gasteiger partial charge is 0.0618 e. The van der Waals surface area contributed by atoms with Gasteiger partial charge in [-0.2, -0.15) is 0 Å². The second kappa shape index (κ2) is 6.33. The lowest BCUT2D eigenvalue weighted by atomic mass is 10.0. The zero-order chi connectivity index (χ0) is 13.0. The average molecular weight is 256 g/mol. The summed E-state index contributed by atoms with van der Waals surface area (Å²) >= 11 is 0. The van der Waals surface area contributed by atoms with Gasteiger partial charge in [-0.15, -0.1) is 0 Å². The zero-order valence-corrected chi connectivity index (χ0v) is 12.1. The van der Waals surface area contributed by atoms with E-state index in [1.165, 1.54) is 12.8 Å². The van der Waals surface area contributed by atoms with Crippen molar-refractivity contribution in [3.8, 4) is 0 Å². The number of nitrogens with zero attached hydrogens (tertiary/aromatic N) is 1. The molecule has 2 aliphatic rings. The van der Waals surface area contributed by atoms with Gasteiger partial charge in [-0.25, -0.2) is 0 Å². The topological polar surface area (TPSA) is 33.7 Å². The summed E-state index contributed by atoms with van der Waals surface area (Å²) in [5, 5.41) is 3.71. The summed E-state index contributed by atoms with van der Waals surface area (Å²) in [6.45, 7) is 10.3. The number of morpholine rings is 1. The van der Waals surface area contributed by atoms with Crippen LogP contribution in [0.1, 0.15) is 26.7 Å². The molecule has 1 aliphatic carbocycles. The summed E-state index contributed by atoms with van der Waals surface area (Å²) in [5.74, 6) is 0.838. The lowest BCUT2D eigenvalue weighted by molar-refractivity contribution is -0.0114. The molecule has 106 valence electrons. The van der Waals surface area contributed by atoms with Gasteiger partial charge < -0.3 is 14.8 Å². The Kier molecular flexibility index (Phi) is 5.01. The molecule has 0 amide bonds. The van der Waals surface area contributed by atoms with E-state index < -0.39 is 0 Å². The van der Waals surface area contributed by atoms with Gasteiger partial charge in [0.25, 0.3) is 0 Å². The van der Waals surface area contributed by atoms with Crippen LogP contribution in [0.15, 0.2) is 0 Å². The molecule has 0 aromatic heterocycles. The van der Waals surface area contributed by atoms with Crippen LogP contribution in [0.4, 0.5) is 0 Å². The molecule has 0 radical (unpaired) electrons. The first-order chi connectivity index (χ1) is 8.63. The van der Waals surface area contributed by atoms with Crippen molar-refractivity contribution in [2.24, 2.45) is 5.92 Å². The minimum absolute atomic E-state index is 0.199. The van der Waals surface area contributed by atoms with E-state index >= 15 is 0 Å². The molecular formula is C14H28N2O2. The monoisotopic (exact) mass is 256 g/mol. The van der Waals surface area contributed by atoms with Gasteiger partial charge in [0.15, 0.2) is 0 Å². The summed E-state index contributed by atoms with van der Waals surface area (Å²) in [6.07, 6.45) is 2.72. The van der Waals surface area contributed by atoms with Crippen LogP contribution in [0.5, 0.6) is 0 Å². The van der Waals surface area contributed by atoms with Crippen LogP contribution in [0, 0.1) is 5.92 Å². The molecule has 4 nitrogen and oxygen atoms in total. The number of hydrogen-bond donors (Lipinski definition) is 1. The highest BCUT2D eigenvalue weighted by molar-refractivity contribution is 4.91. The second-order valence-electron chi connectivity index (χ2n) is 6.19. The van der Waals surface area contributed by atoms with Gasteiger partial charge in [-0.1, -0.05) is 0 Å². The van der Waals surface area contributed by atoms with Crippen molar-refractivity contribution in [2.45, 2.75) is 38.3 Å². The predicted molar refractivity (Wildman–Crippen MR) is 72.9 cm³/mol. The van der Waals surface area contributed by atoms with Crippen LogP contribution in [-0.2, 0) is 9.47 Å². The van der Waals surface area contributed by atoms with Crippen LogP contribution in [0.3, 0.4) is 0 Å². The summed E-state index contributed by atoms with van der Waals surface area (Å²) in [7, 11) is 1.80. The van der Waals surface area contributed by atoms with Crippen molar-refractivity contribution >= 4 is 0 Å². The molecule has 4 heteroatoms. The molecule has 1 heterocycles. The third-order valence-electron chi connectivity index (χ3n) is 4.20. The first-order valence-corrected chi connectivity index (χ1v) is 7.18. The summed E-state index contributed by atoms with van der Waals surface area (Å²) < 4.78 is 10.7. The highest BCUT2D eigenvalue weighted by Crippen LogP contribution is 2.33. The van der Waals surface area contributed by atoms with E-state index in [0.29, 0.717) is 6.04 Å². The molecule has 0 aromatic carbocycles. The van der Waals surface area contributed by atoms with Crippen LogP contribution in [0.25, 0.3) is 0 Å². The zero-order valence-electron chi connectivity index (χ0n) is 12.1. The van der Waals surface area contributed by atoms with Gasteiger partial charge in [0.05, 0.1) is 19.8 Å². The SMILES string of the molecule is COCC(NCC(C)(C)N1CCOCC1)C1CC1. The number of hydrogen-bond acceptors (Lipinski definition) is 4. The van der Waals surface area contributed by atoms with Gasteiger partial charge in [0, 0.05) is 38.3 Å². The molecule has 0 bridgehead atoms. The lowest BCUT2D eigenvalue weighted by Crippen LogP contribution is -2.56. The Morgan fingerprint density at radius 1 is 1.33 bits per heavy atom. The minimum Gasteiger partial charge on any atom is -0.383 e. The molecule has 0 spiro atoms. The molecule has 1 saturated carbocycles. The highest BCUT2D eigenvalue weighted by Gasteiger charge is 2.34. The molecule has 2 rings (SSSR count). The summed E-state index contributed by atoms with van der Waals surface area (Å²) in [5.41, 5.74) is 0.199. The quantitative estimate of drug-likeness (QED) is 0.740. The molecule has 1 saturated heterocycles. The first kappa shape index (κ1) is 14.3. The van der Waals surface area contributed by atoms with Crippen LogP contribution < -0.4 is 5.32 Å². The second-order valence-corrected chi connectivity index (χ2v) is 6.19. The van der Waals surface area contributed by atoms with Crippen molar-refractivity contribution in [1.29, 1.82) is 0 Å². The fourth-order valence-electron chi connectivity index (χ4n) is 2.70. The standard InChI is InChI=1S/C14H28N2O2/c1-14(2,16-6-8-18-9-7-16)11-15-13(10-17-3)12-4-5-12/h12-13,15H,4-11H2,1-3H3. The third kappa shape index (κ3) is 3.92. The molecule has 1 unspecified atom stereocenters. The van der Waals surface area contributed by atoms with Crippen molar-refractivity contribution < 1.29 is 9.47 Å². The molecular weight excluding hydrogens is 228 g/mol. The van der Waals surface area contributed by atoms with Gasteiger partial charge in [-0.3, -0.25) is 4.90 Å². The molecule has 1 N–H and O–H groups in total. The van der Waals surface area contributed by atoms with Crippen molar-refractivity contribution in [3.05, 3.63) is 0 Å². The number of methoxy groups -OCH3 is 1. The highest BCUT2D eigenvalue weighted by atomic mass is 16.5. The summed E-state index contributed by atoms with van der Waals surface area (Å²) in [4.78, 5) is 2.53. The molecule has 18 heavy (non-hydrogen) atoms. The van der Waals surface area contributed by atoms with Crippen molar-refractivity contribution in [2.75, 3.05) is 46.6 Å². The minimum atomic E-state index is 0.199. The van der Waals surface area contributed by atoms with Gasteiger partial charge >= 0.3 is 0 Å². The van der Waals surface area contributed by atoms with Gasteiger partial charge in [0.2, 0.25) is 0 Å². The molecule has 1 aliphatic heterocycles. The van der Waals surface area contributed by atoms with E-state index in [2.05, 4.69) is 24.1 Å². The van der Waals surface area contributed by atoms with Crippen LogP contribution in [0.2, 0.25) is 0 Å². The van der Waals surface area contributed by atoms with Gasteiger partial charge in [-0.05, 0) is 32.6 Å². The van der Waals surface area contributed by atoms with Crippen molar-refractivity contribution in [3.63, 3.8) is 0 Å². The maximum absolute atomic E-state index is 5.43. The maximum Gasteiger partial charge on any atom is 0.0618 e.